The van der Waals surface area contributed by atoms with Crippen LogP contribution in [0.2, 0.25) is 0 Å². The maximum atomic E-state index is 12.8. The molecule has 0 bridgehead atoms. The molecule has 1 aromatic carbocycles. The number of quaternary nitrogens is 1. The van der Waals surface area contributed by atoms with Gasteiger partial charge in [0.1, 0.15) is 13.1 Å². The van der Waals surface area contributed by atoms with Crippen molar-refractivity contribution in [2.45, 2.75) is 11.8 Å². The van der Waals surface area contributed by atoms with Gasteiger partial charge >= 0.3 is 0 Å². The molecule has 9 heteroatoms. The molecule has 7 nitrogen and oxygen atoms in total. The number of morpholine rings is 1. The third kappa shape index (κ3) is 5.39. The molecule has 0 amide bonds. The molecule has 1 aromatic rings. The van der Waals surface area contributed by atoms with Crippen LogP contribution in [0.3, 0.4) is 0 Å². The minimum Gasteiger partial charge on any atom is -0.370 e. The maximum absolute atomic E-state index is 12.8. The molecule has 2 aliphatic heterocycles. The van der Waals surface area contributed by atoms with E-state index < -0.39 is 10.0 Å². The Morgan fingerprint density at radius 2 is 1.78 bits per heavy atom. The summed E-state index contributed by atoms with van der Waals surface area (Å²) >= 11 is 5.49. The number of rotatable bonds is 5. The number of hydrogen-bond acceptors (Lipinski definition) is 4. The number of ether oxygens (including phenoxy) is 1. The highest BCUT2D eigenvalue weighted by Crippen LogP contribution is 2.18. The van der Waals surface area contributed by atoms with Gasteiger partial charge in [-0.15, -0.1) is 0 Å². The molecule has 150 valence electrons. The van der Waals surface area contributed by atoms with Crippen LogP contribution in [0.5, 0.6) is 0 Å². The Hall–Kier alpha value is -1.26. The van der Waals surface area contributed by atoms with E-state index in [4.69, 9.17) is 17.0 Å². The fourth-order valence-corrected chi connectivity index (χ4v) is 5.07. The molecule has 0 unspecified atom stereocenters. The zero-order chi connectivity index (χ0) is 19.3. The first-order valence-corrected chi connectivity index (χ1v) is 11.3. The van der Waals surface area contributed by atoms with Gasteiger partial charge in [-0.05, 0) is 31.3 Å². The van der Waals surface area contributed by atoms with E-state index in [9.17, 15) is 8.42 Å². The van der Waals surface area contributed by atoms with E-state index in [-0.39, 0.29) is 0 Å². The van der Waals surface area contributed by atoms with Gasteiger partial charge in [-0.3, -0.25) is 0 Å². The van der Waals surface area contributed by atoms with Gasteiger partial charge in [-0.1, -0.05) is 17.7 Å². The van der Waals surface area contributed by atoms with Gasteiger partial charge in [0.25, 0.3) is 0 Å². The summed E-state index contributed by atoms with van der Waals surface area (Å²) in [4.78, 5) is 3.95. The van der Waals surface area contributed by atoms with Crippen LogP contribution < -0.4 is 10.2 Å². The predicted octanol–water partition coefficient (Wildman–Crippen LogP) is -0.909. The molecule has 0 aliphatic carbocycles. The van der Waals surface area contributed by atoms with Crippen LogP contribution in [0.15, 0.2) is 29.2 Å². The summed E-state index contributed by atoms with van der Waals surface area (Å²) in [6.07, 6.45) is 0. The van der Waals surface area contributed by atoms with E-state index >= 15 is 0 Å². The van der Waals surface area contributed by atoms with E-state index in [1.54, 1.807) is 16.4 Å². The number of piperazine rings is 1. The van der Waals surface area contributed by atoms with Gasteiger partial charge in [0, 0.05) is 26.2 Å². The van der Waals surface area contributed by atoms with E-state index in [0.717, 1.165) is 50.1 Å². The first-order chi connectivity index (χ1) is 13.0. The van der Waals surface area contributed by atoms with Gasteiger partial charge < -0.3 is 19.9 Å². The number of nitrogens with one attached hydrogen (secondary N) is 2. The second kappa shape index (κ2) is 9.29. The number of sulfonamides is 1. The lowest BCUT2D eigenvalue weighted by atomic mass is 10.2. The molecule has 2 N–H and O–H groups in total. The Kier molecular flexibility index (Phi) is 7.04. The van der Waals surface area contributed by atoms with Gasteiger partial charge in [-0.2, -0.15) is 4.31 Å². The summed E-state index contributed by atoms with van der Waals surface area (Å²) in [5, 5.41) is 4.04. The average molecular weight is 414 g/mol. The lowest BCUT2D eigenvalue weighted by Gasteiger charge is -2.35. The Bertz CT molecular complexity index is 725. The average Bonchev–Trinajstić information content (AvgIpc) is 2.69. The number of hydrogen-bond donors (Lipinski definition) is 2. The van der Waals surface area contributed by atoms with E-state index in [1.165, 1.54) is 4.90 Å². The standard InChI is InChI=1S/C18H28N4O3S2/c1-16-2-4-17(5-3-16)27(23,24)22-10-8-21(9-11-22)18(26)19-6-7-20-12-14-25-15-13-20/h2-5H,6-15H2,1H3,(H,19,26)/p+1. The van der Waals surface area contributed by atoms with Crippen LogP contribution in [0, 0.1) is 6.92 Å². The van der Waals surface area contributed by atoms with Crippen molar-refractivity contribution < 1.29 is 18.1 Å². The summed E-state index contributed by atoms with van der Waals surface area (Å²) < 4.78 is 32.5. The molecule has 3 rings (SSSR count). The van der Waals surface area contributed by atoms with Crippen LogP contribution in [-0.2, 0) is 14.8 Å². The monoisotopic (exact) mass is 413 g/mol. The maximum Gasteiger partial charge on any atom is 0.243 e. The summed E-state index contributed by atoms with van der Waals surface area (Å²) in [5.41, 5.74) is 1.05. The molecule has 0 atom stereocenters. The third-order valence-corrected chi connectivity index (χ3v) is 7.45. The van der Waals surface area contributed by atoms with Crippen molar-refractivity contribution in [1.82, 2.24) is 14.5 Å². The molecular formula is C18H29N4O3S2+. The first kappa shape index (κ1) is 20.5. The normalized spacial score (nSPS) is 19.8. The van der Waals surface area contributed by atoms with E-state index in [2.05, 4.69) is 10.2 Å². The number of thiocarbonyl (C=S) groups is 1. The smallest absolute Gasteiger partial charge is 0.243 e. The van der Waals surface area contributed by atoms with E-state index in [0.29, 0.717) is 31.1 Å². The molecule has 27 heavy (non-hydrogen) atoms. The quantitative estimate of drug-likeness (QED) is 0.610. The highest BCUT2D eigenvalue weighted by molar-refractivity contribution is 7.89. The number of aryl methyl sites for hydroxylation is 1. The summed E-state index contributed by atoms with van der Waals surface area (Å²) in [5.74, 6) is 0. The third-order valence-electron chi connectivity index (χ3n) is 5.14. The Morgan fingerprint density at radius 1 is 1.15 bits per heavy atom. The number of benzene rings is 1. The van der Waals surface area contributed by atoms with Gasteiger partial charge in [-0.25, -0.2) is 8.42 Å². The topological polar surface area (TPSA) is 66.3 Å². The summed E-state index contributed by atoms with van der Waals surface area (Å²) in [6, 6.07) is 7.02. The molecule has 0 saturated carbocycles. The van der Waals surface area contributed by atoms with Crippen molar-refractivity contribution >= 4 is 27.4 Å². The SMILES string of the molecule is Cc1ccc(S(=O)(=O)N2CCN(C(=S)NCC[NH+]3CCOCC3)CC2)cc1. The Balaban J connectivity index is 1.45. The van der Waals surface area contributed by atoms with Crippen LogP contribution in [0.25, 0.3) is 0 Å². The second-order valence-electron chi connectivity index (χ2n) is 7.05. The summed E-state index contributed by atoms with van der Waals surface area (Å²) in [6.45, 7) is 9.68. The lowest BCUT2D eigenvalue weighted by Crippen LogP contribution is -3.14. The van der Waals surface area contributed by atoms with Gasteiger partial charge in [0.15, 0.2) is 5.11 Å². The summed E-state index contributed by atoms with van der Waals surface area (Å²) in [7, 11) is -3.43. The fourth-order valence-electron chi connectivity index (χ4n) is 3.36. The number of nitrogens with zero attached hydrogens (tertiary/aromatic N) is 2. The highest BCUT2D eigenvalue weighted by atomic mass is 32.2. The van der Waals surface area contributed by atoms with Crippen LogP contribution in [0.1, 0.15) is 5.56 Å². The van der Waals surface area contributed by atoms with Crippen molar-refractivity contribution in [1.29, 1.82) is 0 Å². The minimum absolute atomic E-state index is 0.357. The van der Waals surface area contributed by atoms with Crippen LogP contribution >= 0.6 is 12.2 Å². The zero-order valence-electron chi connectivity index (χ0n) is 15.8. The highest BCUT2D eigenvalue weighted by Gasteiger charge is 2.29. The van der Waals surface area contributed by atoms with Crippen LogP contribution in [0.4, 0.5) is 0 Å². The molecule has 2 fully saturated rings. The lowest BCUT2D eigenvalue weighted by molar-refractivity contribution is -0.906. The van der Waals surface area contributed by atoms with Crippen LogP contribution in [-0.4, -0.2) is 88.3 Å². The van der Waals surface area contributed by atoms with E-state index in [1.807, 2.05) is 19.1 Å². The van der Waals surface area contributed by atoms with Crippen molar-refractivity contribution in [2.75, 3.05) is 65.6 Å². The molecular weight excluding hydrogens is 384 g/mol. The Labute approximate surface area is 167 Å². The molecule has 0 spiro atoms. The molecule has 2 heterocycles. The predicted molar refractivity (Wildman–Crippen MR) is 108 cm³/mol. The Morgan fingerprint density at radius 3 is 2.41 bits per heavy atom. The zero-order valence-corrected chi connectivity index (χ0v) is 17.4. The van der Waals surface area contributed by atoms with Crippen molar-refractivity contribution in [3.63, 3.8) is 0 Å². The van der Waals surface area contributed by atoms with Gasteiger partial charge in [0.2, 0.25) is 10.0 Å². The molecule has 0 radical (unpaired) electrons. The fraction of sp³-hybridized carbons (Fsp3) is 0.611. The largest absolute Gasteiger partial charge is 0.370 e. The molecule has 0 aromatic heterocycles. The molecule has 2 saturated heterocycles. The second-order valence-corrected chi connectivity index (χ2v) is 9.37. The van der Waals surface area contributed by atoms with Crippen molar-refractivity contribution in [3.8, 4) is 0 Å². The molecule has 2 aliphatic rings. The van der Waals surface area contributed by atoms with Crippen molar-refractivity contribution in [3.05, 3.63) is 29.8 Å². The minimum atomic E-state index is -3.43. The van der Waals surface area contributed by atoms with Gasteiger partial charge in [0.05, 0.1) is 31.2 Å². The van der Waals surface area contributed by atoms with Crippen molar-refractivity contribution in [2.24, 2.45) is 0 Å². The first-order valence-electron chi connectivity index (χ1n) is 9.48.